The van der Waals surface area contributed by atoms with Gasteiger partial charge in [0.25, 0.3) is 5.22 Å². The van der Waals surface area contributed by atoms with E-state index in [-0.39, 0.29) is 10.9 Å². The van der Waals surface area contributed by atoms with Crippen LogP contribution in [0.5, 0.6) is 0 Å². The largest absolute Gasteiger partial charge is 0.416 e. The summed E-state index contributed by atoms with van der Waals surface area (Å²) in [5.41, 5.74) is 0.817. The van der Waals surface area contributed by atoms with Gasteiger partial charge in [-0.05, 0) is 24.6 Å². The van der Waals surface area contributed by atoms with Crippen LogP contribution in [0.1, 0.15) is 18.4 Å². The van der Waals surface area contributed by atoms with E-state index in [2.05, 4.69) is 15.5 Å². The monoisotopic (exact) mass is 375 g/mol. The number of hydrogen-bond acceptors (Lipinski definition) is 5. The molecular formula is C18H15F2N3O2S. The molecule has 3 rings (SSSR count). The second kappa shape index (κ2) is 8.09. The maximum atomic E-state index is 13.6. The summed E-state index contributed by atoms with van der Waals surface area (Å²) in [6.45, 7) is 1.61. The van der Waals surface area contributed by atoms with Crippen molar-refractivity contribution in [3.05, 3.63) is 71.6 Å². The number of thioether (sulfide) groups is 1. The zero-order valence-corrected chi connectivity index (χ0v) is 14.6. The van der Waals surface area contributed by atoms with Gasteiger partial charge in [0.1, 0.15) is 11.6 Å². The highest BCUT2D eigenvalue weighted by Gasteiger charge is 2.20. The van der Waals surface area contributed by atoms with E-state index in [0.717, 1.165) is 35.5 Å². The molecule has 0 saturated heterocycles. The Balaban J connectivity index is 1.60. The predicted molar refractivity (Wildman–Crippen MR) is 93.9 cm³/mol. The summed E-state index contributed by atoms with van der Waals surface area (Å²) >= 11 is 1.04. The lowest BCUT2D eigenvalue weighted by Gasteiger charge is -2.10. The Bertz CT molecular complexity index is 902. The third-order valence-corrected chi connectivity index (χ3v) is 4.41. The van der Waals surface area contributed by atoms with Crippen molar-refractivity contribution in [2.45, 2.75) is 23.8 Å². The second-order valence-corrected chi connectivity index (χ2v) is 6.79. The second-order valence-electron chi connectivity index (χ2n) is 5.50. The Hall–Kier alpha value is -2.74. The minimum Gasteiger partial charge on any atom is -0.416 e. The average Bonchev–Trinajstić information content (AvgIpc) is 3.05. The van der Waals surface area contributed by atoms with Crippen LogP contribution in [0.25, 0.3) is 0 Å². The molecule has 1 amide bonds. The Morgan fingerprint density at radius 2 is 1.96 bits per heavy atom. The smallest absolute Gasteiger partial charge is 0.277 e. The van der Waals surface area contributed by atoms with E-state index in [1.165, 1.54) is 0 Å². The van der Waals surface area contributed by atoms with Crippen molar-refractivity contribution in [1.29, 1.82) is 0 Å². The van der Waals surface area contributed by atoms with Gasteiger partial charge in [0.2, 0.25) is 11.8 Å². The van der Waals surface area contributed by atoms with Crippen molar-refractivity contribution >= 4 is 23.4 Å². The fourth-order valence-corrected chi connectivity index (χ4v) is 2.86. The molecule has 26 heavy (non-hydrogen) atoms. The Labute approximate surface area is 152 Å². The van der Waals surface area contributed by atoms with E-state index < -0.39 is 22.8 Å². The van der Waals surface area contributed by atoms with Gasteiger partial charge in [-0.1, -0.05) is 42.1 Å². The summed E-state index contributed by atoms with van der Waals surface area (Å²) in [5.74, 6) is -1.41. The molecule has 0 radical (unpaired) electrons. The molecule has 134 valence electrons. The van der Waals surface area contributed by atoms with Crippen LogP contribution in [0.2, 0.25) is 0 Å². The highest BCUT2D eigenvalue weighted by molar-refractivity contribution is 8.00. The molecule has 0 saturated carbocycles. The lowest BCUT2D eigenvalue weighted by atomic mass is 10.2. The third-order valence-electron chi connectivity index (χ3n) is 3.48. The summed E-state index contributed by atoms with van der Waals surface area (Å²) in [6, 6.07) is 12.5. The first-order valence-electron chi connectivity index (χ1n) is 7.80. The first-order valence-corrected chi connectivity index (χ1v) is 8.68. The quantitative estimate of drug-likeness (QED) is 0.658. The number of carbonyl (C=O) groups excluding carboxylic acids is 1. The van der Waals surface area contributed by atoms with E-state index in [1.807, 2.05) is 30.3 Å². The Morgan fingerprint density at radius 1 is 1.19 bits per heavy atom. The molecule has 0 fully saturated rings. The number of benzene rings is 2. The summed E-state index contributed by atoms with van der Waals surface area (Å²) in [7, 11) is 0. The number of halogens is 2. The lowest BCUT2D eigenvalue weighted by molar-refractivity contribution is -0.115. The first kappa shape index (κ1) is 18.1. The normalized spacial score (nSPS) is 12.0. The number of amides is 1. The summed E-state index contributed by atoms with van der Waals surface area (Å²) in [6.07, 6.45) is 0.490. The first-order chi connectivity index (χ1) is 12.5. The summed E-state index contributed by atoms with van der Waals surface area (Å²) < 4.78 is 32.3. The minimum absolute atomic E-state index is 0.210. The van der Waals surface area contributed by atoms with Crippen molar-refractivity contribution < 1.29 is 18.0 Å². The van der Waals surface area contributed by atoms with Gasteiger partial charge in [0, 0.05) is 6.07 Å². The molecule has 0 bridgehead atoms. The van der Waals surface area contributed by atoms with E-state index in [0.29, 0.717) is 12.3 Å². The molecule has 0 aliphatic heterocycles. The molecule has 0 spiro atoms. The number of carbonyl (C=O) groups is 1. The van der Waals surface area contributed by atoms with E-state index in [4.69, 9.17) is 4.42 Å². The van der Waals surface area contributed by atoms with Gasteiger partial charge in [-0.25, -0.2) is 8.78 Å². The Kier molecular flexibility index (Phi) is 5.62. The van der Waals surface area contributed by atoms with Crippen LogP contribution in [0.4, 0.5) is 14.5 Å². The highest BCUT2D eigenvalue weighted by Crippen LogP contribution is 2.24. The van der Waals surface area contributed by atoms with Gasteiger partial charge in [0.15, 0.2) is 0 Å². The van der Waals surface area contributed by atoms with Crippen LogP contribution in [-0.4, -0.2) is 21.4 Å². The molecule has 2 aromatic carbocycles. The SMILES string of the molecule is C[C@@H](Sc1nnc(Cc2ccccc2)o1)C(=O)Nc1cc(F)ccc1F. The van der Waals surface area contributed by atoms with E-state index in [1.54, 1.807) is 6.92 Å². The van der Waals surface area contributed by atoms with E-state index in [9.17, 15) is 13.6 Å². The average molecular weight is 375 g/mol. The van der Waals surface area contributed by atoms with Gasteiger partial charge in [0.05, 0.1) is 17.4 Å². The molecule has 1 N–H and O–H groups in total. The van der Waals surface area contributed by atoms with Gasteiger partial charge in [-0.2, -0.15) is 0 Å². The molecule has 1 aromatic heterocycles. The summed E-state index contributed by atoms with van der Waals surface area (Å²) in [5, 5.41) is 9.81. The standard InChI is InChI=1S/C18H15F2N3O2S/c1-11(17(24)21-15-10-13(19)7-8-14(15)20)26-18-23-22-16(25-18)9-12-5-3-2-4-6-12/h2-8,10-11H,9H2,1H3,(H,21,24)/t11-/m1/s1. The number of nitrogens with zero attached hydrogens (tertiary/aromatic N) is 2. The highest BCUT2D eigenvalue weighted by atomic mass is 32.2. The maximum absolute atomic E-state index is 13.6. The third kappa shape index (κ3) is 4.66. The van der Waals surface area contributed by atoms with Crippen LogP contribution in [-0.2, 0) is 11.2 Å². The molecule has 0 aliphatic carbocycles. The number of hydrogen-bond donors (Lipinski definition) is 1. The van der Waals surface area contributed by atoms with Crippen LogP contribution in [0.15, 0.2) is 58.2 Å². The van der Waals surface area contributed by atoms with Gasteiger partial charge < -0.3 is 9.73 Å². The number of aromatic nitrogens is 2. The predicted octanol–water partition coefficient (Wildman–Crippen LogP) is 4.06. The fourth-order valence-electron chi connectivity index (χ4n) is 2.16. The number of rotatable bonds is 6. The molecule has 0 aliphatic rings. The zero-order chi connectivity index (χ0) is 18.5. The van der Waals surface area contributed by atoms with Crippen molar-refractivity contribution in [1.82, 2.24) is 10.2 Å². The zero-order valence-electron chi connectivity index (χ0n) is 13.8. The molecule has 8 heteroatoms. The Morgan fingerprint density at radius 3 is 2.73 bits per heavy atom. The maximum Gasteiger partial charge on any atom is 0.277 e. The van der Waals surface area contributed by atoms with Crippen LogP contribution < -0.4 is 5.32 Å². The molecular weight excluding hydrogens is 360 g/mol. The fraction of sp³-hybridized carbons (Fsp3) is 0.167. The molecule has 3 aromatic rings. The van der Waals surface area contributed by atoms with Crippen LogP contribution in [0.3, 0.4) is 0 Å². The topological polar surface area (TPSA) is 68.0 Å². The molecule has 1 atom stereocenters. The lowest BCUT2D eigenvalue weighted by Crippen LogP contribution is -2.23. The van der Waals surface area contributed by atoms with Crippen LogP contribution in [0, 0.1) is 11.6 Å². The van der Waals surface area contributed by atoms with Crippen molar-refractivity contribution in [3.63, 3.8) is 0 Å². The minimum atomic E-state index is -0.708. The van der Waals surface area contributed by atoms with Crippen molar-refractivity contribution in [3.8, 4) is 0 Å². The molecule has 1 heterocycles. The van der Waals surface area contributed by atoms with Crippen molar-refractivity contribution in [2.24, 2.45) is 0 Å². The summed E-state index contributed by atoms with van der Waals surface area (Å²) in [4.78, 5) is 12.2. The molecule has 0 unspecified atom stereocenters. The van der Waals surface area contributed by atoms with Crippen molar-refractivity contribution in [2.75, 3.05) is 5.32 Å². The number of anilines is 1. The van der Waals surface area contributed by atoms with Gasteiger partial charge >= 0.3 is 0 Å². The van der Waals surface area contributed by atoms with E-state index >= 15 is 0 Å². The van der Waals surface area contributed by atoms with Crippen LogP contribution >= 0.6 is 11.8 Å². The van der Waals surface area contributed by atoms with Gasteiger partial charge in [-0.3, -0.25) is 4.79 Å². The molecule has 5 nitrogen and oxygen atoms in total. The van der Waals surface area contributed by atoms with Gasteiger partial charge in [-0.15, -0.1) is 10.2 Å². The number of nitrogens with one attached hydrogen (secondary N) is 1.